The van der Waals surface area contributed by atoms with Crippen molar-refractivity contribution in [1.29, 1.82) is 0 Å². The molecular weight excluding hydrogens is 676 g/mol. The normalized spacial score (nSPS) is 20.2. The summed E-state index contributed by atoms with van der Waals surface area (Å²) in [6, 6.07) is 15.6. The van der Waals surface area contributed by atoms with Crippen molar-refractivity contribution in [3.8, 4) is 22.5 Å². The lowest BCUT2D eigenvalue weighted by Crippen LogP contribution is -2.36. The monoisotopic (exact) mass is 710 g/mol. The van der Waals surface area contributed by atoms with Crippen molar-refractivity contribution in [3.05, 3.63) is 70.8 Å². The number of carbonyl (C=O) groups is 3. The van der Waals surface area contributed by atoms with E-state index in [0.29, 0.717) is 18.1 Å². The summed E-state index contributed by atoms with van der Waals surface area (Å²) >= 11 is 6.52. The quantitative estimate of drug-likeness (QED) is 0.120. The molecule has 5 atom stereocenters. The number of ether oxygens (including phenoxy) is 7. The van der Waals surface area contributed by atoms with Gasteiger partial charge in [-0.25, -0.2) is 19.4 Å². The first-order valence-corrected chi connectivity index (χ1v) is 16.4. The number of hydrogen-bond donors (Lipinski definition) is 1. The van der Waals surface area contributed by atoms with Crippen molar-refractivity contribution in [2.24, 2.45) is 0 Å². The van der Waals surface area contributed by atoms with Crippen LogP contribution in [0.3, 0.4) is 0 Å². The van der Waals surface area contributed by atoms with E-state index in [1.807, 2.05) is 48.5 Å². The Morgan fingerprint density at radius 2 is 1.66 bits per heavy atom. The van der Waals surface area contributed by atoms with Crippen LogP contribution in [0, 0.1) is 0 Å². The minimum Gasteiger partial charge on any atom is -0.438 e. The second-order valence-corrected chi connectivity index (χ2v) is 11.9. The molecule has 2 fully saturated rings. The molecule has 1 unspecified atom stereocenters. The second-order valence-electron chi connectivity index (χ2n) is 11.5. The van der Waals surface area contributed by atoms with Gasteiger partial charge in [0.1, 0.15) is 18.0 Å². The number of esters is 1. The van der Waals surface area contributed by atoms with Crippen LogP contribution in [0.2, 0.25) is 5.15 Å². The number of tetrazole rings is 1. The zero-order valence-corrected chi connectivity index (χ0v) is 28.2. The third-order valence-electron chi connectivity index (χ3n) is 8.23. The number of hydrogen-bond acceptors (Lipinski definition) is 14. The van der Waals surface area contributed by atoms with Gasteiger partial charge in [0, 0.05) is 25.5 Å². The van der Waals surface area contributed by atoms with Gasteiger partial charge in [0.25, 0.3) is 0 Å². The van der Waals surface area contributed by atoms with E-state index < -0.39 is 49.0 Å². The number of carbonyl (C=O) groups excluding carboxylic acids is 3. The highest BCUT2D eigenvalue weighted by atomic mass is 35.5. The van der Waals surface area contributed by atoms with Crippen LogP contribution in [0.15, 0.2) is 48.5 Å². The molecule has 2 saturated heterocycles. The number of rotatable bonds is 12. The minimum atomic E-state index is -1.34. The lowest BCUT2D eigenvalue weighted by molar-refractivity contribution is -0.0992. The predicted octanol–water partition coefficient (Wildman–Crippen LogP) is 4.75. The van der Waals surface area contributed by atoms with Gasteiger partial charge in [-0.05, 0) is 28.3 Å². The van der Waals surface area contributed by atoms with Crippen LogP contribution < -0.4 is 0 Å². The number of aromatic amines is 1. The number of aryl methyl sites for hydroxylation is 1. The SMILES string of the molecule is CCCCc1nc(Cl)c(C(=O)OC(C)OC(=O)O[C@H]2CO[C@H]3[C@@H]2OC[C@@H]3OC(=O)OC)n1Cc1ccc(-c2ccccc2-c2nn[nH]n2)cc1. The molecule has 50 heavy (non-hydrogen) atoms. The van der Waals surface area contributed by atoms with Gasteiger partial charge in [0.2, 0.25) is 12.1 Å². The molecule has 2 aromatic carbocycles. The van der Waals surface area contributed by atoms with Gasteiger partial charge in [-0.3, -0.25) is 0 Å². The fraction of sp³-hybridized carbons (Fsp3) is 0.424. The Labute approximate surface area is 291 Å². The van der Waals surface area contributed by atoms with Crippen LogP contribution in [-0.4, -0.2) is 99.5 Å². The fourth-order valence-electron chi connectivity index (χ4n) is 5.86. The molecular formula is C33H35ClN6O10. The molecule has 0 spiro atoms. The van der Waals surface area contributed by atoms with Crippen molar-refractivity contribution in [2.75, 3.05) is 20.3 Å². The van der Waals surface area contributed by atoms with E-state index in [1.165, 1.54) is 14.0 Å². The topological polar surface area (TPSA) is 188 Å². The number of benzene rings is 2. The number of nitrogens with zero attached hydrogens (tertiary/aromatic N) is 5. The molecule has 0 radical (unpaired) electrons. The number of H-pyrrole nitrogens is 1. The molecule has 0 bridgehead atoms. The Hall–Kier alpha value is -5.06. The average Bonchev–Trinajstić information content (AvgIpc) is 3.91. The maximum Gasteiger partial charge on any atom is 0.511 e. The molecule has 16 nitrogen and oxygen atoms in total. The van der Waals surface area contributed by atoms with E-state index in [0.717, 1.165) is 35.1 Å². The molecule has 264 valence electrons. The zero-order valence-electron chi connectivity index (χ0n) is 27.4. The Morgan fingerprint density at radius 1 is 0.980 bits per heavy atom. The van der Waals surface area contributed by atoms with E-state index in [-0.39, 0.29) is 30.6 Å². The van der Waals surface area contributed by atoms with Gasteiger partial charge in [-0.1, -0.05) is 73.5 Å². The van der Waals surface area contributed by atoms with Crippen LogP contribution >= 0.6 is 11.6 Å². The van der Waals surface area contributed by atoms with E-state index in [9.17, 15) is 14.4 Å². The van der Waals surface area contributed by atoms with Crippen LogP contribution in [0.25, 0.3) is 22.5 Å². The summed E-state index contributed by atoms with van der Waals surface area (Å²) in [6.45, 7) is 3.73. The first-order valence-electron chi connectivity index (χ1n) is 16.0. The van der Waals surface area contributed by atoms with Crippen molar-refractivity contribution in [3.63, 3.8) is 0 Å². The molecule has 1 N–H and O–H groups in total. The molecule has 2 aliphatic rings. The smallest absolute Gasteiger partial charge is 0.438 e. The number of imidazole rings is 1. The highest BCUT2D eigenvalue weighted by Crippen LogP contribution is 2.32. The summed E-state index contributed by atoms with van der Waals surface area (Å²) in [5, 5.41) is 14.4. The fourth-order valence-corrected chi connectivity index (χ4v) is 6.13. The molecule has 4 heterocycles. The number of unbranched alkanes of at least 4 members (excludes halogenated alkanes) is 1. The van der Waals surface area contributed by atoms with E-state index in [2.05, 4.69) is 37.3 Å². The summed E-state index contributed by atoms with van der Waals surface area (Å²) in [6.07, 6.45) is -3.89. The Balaban J connectivity index is 1.11. The Kier molecular flexibility index (Phi) is 10.9. The van der Waals surface area contributed by atoms with Gasteiger partial charge in [-0.2, -0.15) is 5.21 Å². The highest BCUT2D eigenvalue weighted by Gasteiger charge is 2.51. The summed E-state index contributed by atoms with van der Waals surface area (Å²) < 4.78 is 38.7. The molecule has 2 aromatic heterocycles. The molecule has 0 aliphatic carbocycles. The van der Waals surface area contributed by atoms with Gasteiger partial charge in [0.05, 0.1) is 20.3 Å². The third-order valence-corrected chi connectivity index (χ3v) is 8.49. The van der Waals surface area contributed by atoms with E-state index in [4.69, 9.17) is 40.0 Å². The summed E-state index contributed by atoms with van der Waals surface area (Å²) in [5.74, 6) is 0.269. The zero-order chi connectivity index (χ0) is 35.2. The van der Waals surface area contributed by atoms with Gasteiger partial charge in [-0.15, -0.1) is 10.2 Å². The first kappa shape index (κ1) is 34.8. The highest BCUT2D eigenvalue weighted by molar-refractivity contribution is 6.32. The summed E-state index contributed by atoms with van der Waals surface area (Å²) in [5.41, 5.74) is 3.60. The molecule has 0 saturated carbocycles. The van der Waals surface area contributed by atoms with Crippen LogP contribution in [0.5, 0.6) is 0 Å². The molecule has 4 aromatic rings. The average molecular weight is 711 g/mol. The number of nitrogens with one attached hydrogen (secondary N) is 1. The summed E-state index contributed by atoms with van der Waals surface area (Å²) in [4.78, 5) is 42.1. The maximum absolute atomic E-state index is 13.5. The number of fused-ring (bicyclic) bond motifs is 1. The van der Waals surface area contributed by atoms with Crippen molar-refractivity contribution in [1.82, 2.24) is 30.2 Å². The number of methoxy groups -OCH3 is 1. The van der Waals surface area contributed by atoms with E-state index >= 15 is 0 Å². The molecule has 6 rings (SSSR count). The second kappa shape index (κ2) is 15.7. The predicted molar refractivity (Wildman–Crippen MR) is 173 cm³/mol. The van der Waals surface area contributed by atoms with Crippen molar-refractivity contribution < 1.29 is 47.5 Å². The van der Waals surface area contributed by atoms with Crippen molar-refractivity contribution in [2.45, 2.75) is 70.4 Å². The largest absolute Gasteiger partial charge is 0.511 e. The summed E-state index contributed by atoms with van der Waals surface area (Å²) in [7, 11) is 1.19. The minimum absolute atomic E-state index is 0.0126. The van der Waals surface area contributed by atoms with Gasteiger partial charge >= 0.3 is 18.3 Å². The Morgan fingerprint density at radius 3 is 2.30 bits per heavy atom. The number of halogens is 1. The standard InChI is InChI=1S/C33H35ClN6O10/c1-4-5-10-25-35-29(34)26(40(25)15-19-11-13-20(14-12-19)21-8-6-7-9-22(21)30-36-38-39-37-30)31(41)47-18(2)48-33(43)50-24-17-46-27-23(16-45-28(24)27)49-32(42)44-3/h6-9,11-14,18,23-24,27-28H,4-5,10,15-17H2,1-3H3,(H,36,37,38,39)/t18?,23-,24-,27+,28+/m0/s1. The molecule has 2 aliphatic heterocycles. The number of aromatic nitrogens is 6. The van der Waals surface area contributed by atoms with Crippen molar-refractivity contribution >= 4 is 29.9 Å². The van der Waals surface area contributed by atoms with E-state index in [1.54, 1.807) is 4.57 Å². The van der Waals surface area contributed by atoms with Crippen LogP contribution in [0.4, 0.5) is 9.59 Å². The van der Waals surface area contributed by atoms with Crippen LogP contribution in [0.1, 0.15) is 48.6 Å². The lowest BCUT2D eigenvalue weighted by atomic mass is 9.98. The first-order chi connectivity index (χ1) is 24.2. The lowest BCUT2D eigenvalue weighted by Gasteiger charge is -2.19. The molecule has 17 heteroatoms. The Bertz CT molecular complexity index is 1800. The van der Waals surface area contributed by atoms with Gasteiger partial charge < -0.3 is 37.7 Å². The molecule has 0 amide bonds. The third kappa shape index (κ3) is 7.72. The van der Waals surface area contributed by atoms with Crippen LogP contribution in [-0.2, 0) is 46.1 Å². The van der Waals surface area contributed by atoms with Gasteiger partial charge in [0.15, 0.2) is 23.1 Å². The maximum atomic E-state index is 13.5.